The van der Waals surface area contributed by atoms with Gasteiger partial charge in [-0.25, -0.2) is 4.68 Å². The van der Waals surface area contributed by atoms with Crippen LogP contribution in [-0.2, 0) is 6.42 Å². The maximum atomic E-state index is 4.92. The molecule has 0 saturated carbocycles. The van der Waals surface area contributed by atoms with Gasteiger partial charge >= 0.3 is 0 Å². The van der Waals surface area contributed by atoms with Crippen LogP contribution in [0.2, 0.25) is 0 Å². The molecule has 3 heterocycles. The lowest BCUT2D eigenvalue weighted by Gasteiger charge is -2.09. The van der Waals surface area contributed by atoms with Crippen molar-refractivity contribution in [2.45, 2.75) is 26.2 Å². The van der Waals surface area contributed by atoms with Crippen molar-refractivity contribution in [3.63, 3.8) is 0 Å². The molecule has 1 aliphatic heterocycles. The minimum absolute atomic E-state index is 0.997. The highest BCUT2D eigenvalue weighted by molar-refractivity contribution is 5.70. The Morgan fingerprint density at radius 2 is 1.96 bits per heavy atom. The molecule has 0 radical (unpaired) electrons. The molecule has 0 unspecified atom stereocenters. The lowest BCUT2D eigenvalue weighted by molar-refractivity contribution is 0.780. The largest absolute Gasteiger partial charge is 0.370 e. The number of nitrogens with one attached hydrogen (secondary N) is 1. The van der Waals surface area contributed by atoms with Crippen LogP contribution in [0.15, 0.2) is 48.8 Å². The summed E-state index contributed by atoms with van der Waals surface area (Å²) < 4.78 is 2.04. The Kier molecular flexibility index (Phi) is 3.58. The molecule has 2 aromatic heterocycles. The van der Waals surface area contributed by atoms with Crippen LogP contribution in [0.1, 0.15) is 24.0 Å². The van der Waals surface area contributed by atoms with Crippen LogP contribution >= 0.6 is 0 Å². The van der Waals surface area contributed by atoms with E-state index in [4.69, 9.17) is 5.10 Å². The third-order valence-electron chi connectivity index (χ3n) is 4.34. The molecule has 0 spiro atoms. The molecule has 0 saturated heterocycles. The van der Waals surface area contributed by atoms with E-state index in [0.29, 0.717) is 0 Å². The minimum Gasteiger partial charge on any atom is -0.370 e. The van der Waals surface area contributed by atoms with Gasteiger partial charge in [-0.1, -0.05) is 17.7 Å². The Morgan fingerprint density at radius 3 is 2.74 bits per heavy atom. The second-order valence-corrected chi connectivity index (χ2v) is 6.05. The number of fused-ring (bicyclic) bond motifs is 1. The molecule has 0 fully saturated rings. The van der Waals surface area contributed by atoms with E-state index >= 15 is 0 Å². The van der Waals surface area contributed by atoms with Crippen molar-refractivity contribution < 1.29 is 0 Å². The Labute approximate surface area is 136 Å². The number of anilines is 1. The van der Waals surface area contributed by atoms with Gasteiger partial charge in [0.1, 0.15) is 5.82 Å². The highest BCUT2D eigenvalue weighted by atomic mass is 15.3. The maximum absolute atomic E-state index is 4.92. The number of nitrogens with zero attached hydrogens (tertiary/aromatic N) is 3. The van der Waals surface area contributed by atoms with Crippen molar-refractivity contribution in [1.82, 2.24) is 14.8 Å². The summed E-state index contributed by atoms with van der Waals surface area (Å²) in [6, 6.07) is 12.6. The van der Waals surface area contributed by atoms with Crippen molar-refractivity contribution in [2.24, 2.45) is 0 Å². The normalized spacial score (nSPS) is 14.0. The smallest absolute Gasteiger partial charge is 0.133 e. The highest BCUT2D eigenvalue weighted by Gasteiger charge is 2.21. The zero-order valence-electron chi connectivity index (χ0n) is 13.3. The summed E-state index contributed by atoms with van der Waals surface area (Å²) in [4.78, 5) is 4.26. The molecule has 4 nitrogen and oxygen atoms in total. The number of aryl methyl sites for hydroxylation is 1. The fraction of sp³-hybridized carbons (Fsp3) is 0.263. The summed E-state index contributed by atoms with van der Waals surface area (Å²) >= 11 is 0. The van der Waals surface area contributed by atoms with E-state index in [1.165, 1.54) is 24.0 Å². The second-order valence-electron chi connectivity index (χ2n) is 6.05. The Hall–Kier alpha value is -2.62. The van der Waals surface area contributed by atoms with Gasteiger partial charge in [-0.05, 0) is 50.5 Å². The van der Waals surface area contributed by atoms with Crippen LogP contribution in [0, 0.1) is 6.92 Å². The molecule has 0 amide bonds. The van der Waals surface area contributed by atoms with Gasteiger partial charge < -0.3 is 5.32 Å². The first-order valence-corrected chi connectivity index (χ1v) is 8.16. The third kappa shape index (κ3) is 2.61. The zero-order chi connectivity index (χ0) is 15.6. The fourth-order valence-electron chi connectivity index (χ4n) is 3.11. The summed E-state index contributed by atoms with van der Waals surface area (Å²) in [7, 11) is 0. The maximum Gasteiger partial charge on any atom is 0.133 e. The van der Waals surface area contributed by atoms with E-state index in [2.05, 4.69) is 47.6 Å². The summed E-state index contributed by atoms with van der Waals surface area (Å²) in [5.74, 6) is 1.13. The quantitative estimate of drug-likeness (QED) is 0.778. The van der Waals surface area contributed by atoms with Crippen LogP contribution in [0.4, 0.5) is 5.82 Å². The summed E-state index contributed by atoms with van der Waals surface area (Å²) in [5, 5.41) is 8.49. The van der Waals surface area contributed by atoms with E-state index in [1.54, 1.807) is 6.20 Å². The van der Waals surface area contributed by atoms with Gasteiger partial charge in [-0.15, -0.1) is 0 Å². The van der Waals surface area contributed by atoms with E-state index < -0.39 is 0 Å². The Balaban J connectivity index is 1.89. The molecule has 3 aromatic rings. The monoisotopic (exact) mass is 304 g/mol. The summed E-state index contributed by atoms with van der Waals surface area (Å²) in [6.45, 7) is 3.10. The number of pyridine rings is 1. The lowest BCUT2D eigenvalue weighted by Crippen LogP contribution is -2.07. The molecule has 23 heavy (non-hydrogen) atoms. The topological polar surface area (TPSA) is 42.7 Å². The molecule has 0 atom stereocenters. The van der Waals surface area contributed by atoms with Gasteiger partial charge in [-0.3, -0.25) is 4.98 Å². The number of aromatic nitrogens is 3. The van der Waals surface area contributed by atoms with Gasteiger partial charge in [0.25, 0.3) is 0 Å². The second kappa shape index (κ2) is 5.88. The van der Waals surface area contributed by atoms with Gasteiger partial charge in [-0.2, -0.15) is 5.10 Å². The molecule has 4 rings (SSSR count). The number of hydrogen-bond donors (Lipinski definition) is 1. The number of hydrogen-bond acceptors (Lipinski definition) is 3. The molecule has 116 valence electrons. The molecular formula is C19H20N4. The van der Waals surface area contributed by atoms with E-state index in [1.807, 2.05) is 16.9 Å². The standard InChI is InChI=1S/C19H20N4/c1-14-7-9-16(10-8-14)23-19-17(6-2-3-12-21-19)18(22-23)15-5-4-11-20-13-15/h4-5,7-11,13,21H,2-3,6,12H2,1H3. The van der Waals surface area contributed by atoms with E-state index in [9.17, 15) is 0 Å². The predicted molar refractivity (Wildman–Crippen MR) is 93.0 cm³/mol. The van der Waals surface area contributed by atoms with Gasteiger partial charge in [0, 0.05) is 30.1 Å². The Morgan fingerprint density at radius 1 is 1.09 bits per heavy atom. The highest BCUT2D eigenvalue weighted by Crippen LogP contribution is 2.33. The van der Waals surface area contributed by atoms with Gasteiger partial charge in [0.05, 0.1) is 11.4 Å². The first-order chi connectivity index (χ1) is 11.3. The third-order valence-corrected chi connectivity index (χ3v) is 4.34. The lowest BCUT2D eigenvalue weighted by atomic mass is 10.1. The van der Waals surface area contributed by atoms with Crippen LogP contribution in [0.25, 0.3) is 16.9 Å². The average molecular weight is 304 g/mol. The SMILES string of the molecule is Cc1ccc(-n2nc(-c3cccnc3)c3c2NCCCC3)cc1. The summed E-state index contributed by atoms with van der Waals surface area (Å²) in [6.07, 6.45) is 7.13. The van der Waals surface area contributed by atoms with Crippen LogP contribution < -0.4 is 5.32 Å². The zero-order valence-corrected chi connectivity index (χ0v) is 13.3. The van der Waals surface area contributed by atoms with Gasteiger partial charge in [0.15, 0.2) is 0 Å². The van der Waals surface area contributed by atoms with Gasteiger partial charge in [0.2, 0.25) is 0 Å². The molecule has 0 aliphatic carbocycles. The van der Waals surface area contributed by atoms with Crippen LogP contribution in [-0.4, -0.2) is 21.3 Å². The first kappa shape index (κ1) is 14.0. The average Bonchev–Trinajstić information content (AvgIpc) is 2.78. The number of benzene rings is 1. The van der Waals surface area contributed by atoms with E-state index in [0.717, 1.165) is 35.7 Å². The molecular weight excluding hydrogens is 284 g/mol. The molecule has 4 heteroatoms. The summed E-state index contributed by atoms with van der Waals surface area (Å²) in [5.41, 5.74) is 5.78. The minimum atomic E-state index is 0.997. The van der Waals surface area contributed by atoms with Crippen molar-refractivity contribution in [1.29, 1.82) is 0 Å². The fourth-order valence-corrected chi connectivity index (χ4v) is 3.11. The predicted octanol–water partition coefficient (Wildman–Crippen LogP) is 3.99. The van der Waals surface area contributed by atoms with Crippen LogP contribution in [0.5, 0.6) is 0 Å². The van der Waals surface area contributed by atoms with Crippen molar-refractivity contribution >= 4 is 5.82 Å². The molecule has 1 N–H and O–H groups in total. The number of rotatable bonds is 2. The van der Waals surface area contributed by atoms with E-state index in [-0.39, 0.29) is 0 Å². The first-order valence-electron chi connectivity index (χ1n) is 8.16. The Bertz CT molecular complexity index is 803. The molecule has 1 aromatic carbocycles. The molecule has 0 bridgehead atoms. The molecule has 1 aliphatic rings. The van der Waals surface area contributed by atoms with Crippen molar-refractivity contribution in [3.8, 4) is 16.9 Å². The van der Waals surface area contributed by atoms with Crippen molar-refractivity contribution in [2.75, 3.05) is 11.9 Å². The van der Waals surface area contributed by atoms with Crippen molar-refractivity contribution in [3.05, 3.63) is 59.9 Å². The van der Waals surface area contributed by atoms with Crippen LogP contribution in [0.3, 0.4) is 0 Å².